The Balaban J connectivity index is 1.70. The molecule has 0 spiro atoms. The molecular weight excluding hydrogens is 460 g/mol. The van der Waals surface area contributed by atoms with E-state index in [2.05, 4.69) is 43.6 Å². The second-order valence-corrected chi connectivity index (χ2v) is 12.9. The first-order valence-electron chi connectivity index (χ1n) is 12.1. The third-order valence-corrected chi connectivity index (χ3v) is 11.9. The Bertz CT molecular complexity index is 756. The van der Waals surface area contributed by atoms with E-state index in [-0.39, 0.29) is 40.9 Å². The number of hydrogen-bond donors (Lipinski definition) is 1. The highest BCUT2D eigenvalue weighted by Gasteiger charge is 2.71. The Hall–Kier alpha value is -0.620. The average Bonchev–Trinajstić information content (AvgIpc) is 2.98. The Kier molecular flexibility index (Phi) is 5.86. The van der Waals surface area contributed by atoms with Crippen molar-refractivity contribution >= 4 is 27.9 Å². The molecule has 4 rings (SSSR count). The van der Waals surface area contributed by atoms with Crippen LogP contribution in [0.3, 0.4) is 0 Å². The minimum atomic E-state index is -0.519. The van der Waals surface area contributed by atoms with Crippen LogP contribution in [0.2, 0.25) is 0 Å². The summed E-state index contributed by atoms with van der Waals surface area (Å²) in [7, 11) is 0. The van der Waals surface area contributed by atoms with E-state index >= 15 is 0 Å². The van der Waals surface area contributed by atoms with E-state index in [1.807, 2.05) is 0 Å². The van der Waals surface area contributed by atoms with E-state index in [0.29, 0.717) is 30.1 Å². The van der Waals surface area contributed by atoms with Gasteiger partial charge in [-0.2, -0.15) is 0 Å². The first-order valence-corrected chi connectivity index (χ1v) is 12.9. The van der Waals surface area contributed by atoms with Crippen LogP contribution in [0, 0.1) is 40.4 Å². The minimum absolute atomic E-state index is 0.0122. The first kappa shape index (κ1) is 23.5. The maximum absolute atomic E-state index is 11.7. The lowest BCUT2D eigenvalue weighted by atomic mass is 9.40. The van der Waals surface area contributed by atoms with Crippen LogP contribution >= 0.6 is 15.9 Å². The van der Waals surface area contributed by atoms with Crippen molar-refractivity contribution in [2.24, 2.45) is 40.4 Å². The Morgan fingerprint density at radius 3 is 2.26 bits per heavy atom. The molecule has 0 saturated heterocycles. The number of aliphatic hydroxyl groups excluding tert-OH is 1. The van der Waals surface area contributed by atoms with Gasteiger partial charge in [0.25, 0.3) is 0 Å². The van der Waals surface area contributed by atoms with Gasteiger partial charge in [-0.25, -0.2) is 0 Å². The highest BCUT2D eigenvalue weighted by Crippen LogP contribution is 2.71. The molecule has 0 bridgehead atoms. The molecule has 0 aliphatic heterocycles. The maximum atomic E-state index is 11.7. The second kappa shape index (κ2) is 7.72. The molecule has 0 aromatic rings. The molecule has 0 heterocycles. The fourth-order valence-electron chi connectivity index (χ4n) is 8.72. The van der Waals surface area contributed by atoms with E-state index in [0.717, 1.165) is 32.1 Å². The van der Waals surface area contributed by atoms with Gasteiger partial charge >= 0.3 is 11.9 Å². The number of rotatable bonds is 2. The SMILES string of the molecule is CC(=O)O[C@H]1C[C@@H](C)[C@]2(C)[C@H]3CC[C@]4(C)[C@@H](OC(C)=O)CC[C@H]4[C@@H]3[C@H](C)[C@@H](O)[C@@]2(Br)C1. The van der Waals surface area contributed by atoms with Crippen molar-refractivity contribution in [3.8, 4) is 0 Å². The molecule has 0 amide bonds. The highest BCUT2D eigenvalue weighted by molar-refractivity contribution is 9.10. The zero-order valence-corrected chi connectivity index (χ0v) is 21.4. The molecule has 4 aliphatic rings. The van der Waals surface area contributed by atoms with Crippen LogP contribution in [-0.4, -0.2) is 39.7 Å². The molecule has 6 heteroatoms. The minimum Gasteiger partial charge on any atom is -0.462 e. The van der Waals surface area contributed by atoms with Gasteiger partial charge in [-0.1, -0.05) is 43.6 Å². The van der Waals surface area contributed by atoms with Gasteiger partial charge in [0.05, 0.1) is 10.4 Å². The standard InChI is InChI=1S/C25H39BrO5/c1-13-11-17(30-15(3)27)12-25(26)22(29)14(2)21-18-7-8-20(31-16(4)28)23(18,5)10-9-19(21)24(13,25)6/h13-14,17-22,29H,7-12H2,1-6H3/t13-,14+,17+,18+,19+,20+,21+,22-,23+,24-,25+/m1/s1. The summed E-state index contributed by atoms with van der Waals surface area (Å²) < 4.78 is 11.0. The molecule has 0 unspecified atom stereocenters. The van der Waals surface area contributed by atoms with Crippen LogP contribution in [0.25, 0.3) is 0 Å². The van der Waals surface area contributed by atoms with Crippen molar-refractivity contribution in [3.63, 3.8) is 0 Å². The van der Waals surface area contributed by atoms with Gasteiger partial charge in [0.15, 0.2) is 0 Å². The predicted molar refractivity (Wildman–Crippen MR) is 121 cm³/mol. The van der Waals surface area contributed by atoms with Crippen molar-refractivity contribution in [2.45, 2.75) is 103 Å². The Labute approximate surface area is 195 Å². The van der Waals surface area contributed by atoms with Crippen LogP contribution in [-0.2, 0) is 19.1 Å². The van der Waals surface area contributed by atoms with E-state index in [1.165, 1.54) is 13.8 Å². The quantitative estimate of drug-likeness (QED) is 0.434. The number of halogens is 1. The number of aliphatic hydroxyl groups is 1. The van der Waals surface area contributed by atoms with Crippen molar-refractivity contribution in [2.75, 3.05) is 0 Å². The zero-order chi connectivity index (χ0) is 22.9. The van der Waals surface area contributed by atoms with Crippen molar-refractivity contribution < 1.29 is 24.2 Å². The van der Waals surface area contributed by atoms with E-state index in [9.17, 15) is 14.7 Å². The molecule has 0 radical (unpaired) electrons. The van der Waals surface area contributed by atoms with E-state index in [1.54, 1.807) is 0 Å². The van der Waals surface area contributed by atoms with Gasteiger partial charge in [0.1, 0.15) is 12.2 Å². The lowest BCUT2D eigenvalue weighted by molar-refractivity contribution is -0.207. The largest absolute Gasteiger partial charge is 0.462 e. The molecular formula is C25H39BrO5. The number of carbonyl (C=O) groups is 2. The summed E-state index contributed by atoms with van der Waals surface area (Å²) >= 11 is 4.09. The Morgan fingerprint density at radius 1 is 1.00 bits per heavy atom. The summed E-state index contributed by atoms with van der Waals surface area (Å²) in [4.78, 5) is 23.4. The van der Waals surface area contributed by atoms with Crippen LogP contribution in [0.15, 0.2) is 0 Å². The molecule has 0 aromatic carbocycles. The smallest absolute Gasteiger partial charge is 0.302 e. The third kappa shape index (κ3) is 3.25. The normalized spacial score (nSPS) is 53.7. The Morgan fingerprint density at radius 2 is 1.65 bits per heavy atom. The van der Waals surface area contributed by atoms with Gasteiger partial charge in [0, 0.05) is 25.7 Å². The molecule has 176 valence electrons. The first-order chi connectivity index (χ1) is 14.4. The van der Waals surface area contributed by atoms with Crippen LogP contribution in [0.1, 0.15) is 80.1 Å². The molecule has 1 N–H and O–H groups in total. The van der Waals surface area contributed by atoms with Gasteiger partial charge in [0.2, 0.25) is 0 Å². The van der Waals surface area contributed by atoms with Crippen LogP contribution < -0.4 is 0 Å². The molecule has 4 aliphatic carbocycles. The summed E-state index contributed by atoms with van der Waals surface area (Å²) in [5, 5.41) is 11.7. The van der Waals surface area contributed by atoms with Gasteiger partial charge in [-0.15, -0.1) is 0 Å². The van der Waals surface area contributed by atoms with Gasteiger partial charge < -0.3 is 14.6 Å². The lowest BCUT2D eigenvalue weighted by Gasteiger charge is -2.69. The summed E-state index contributed by atoms with van der Waals surface area (Å²) in [6.07, 6.45) is 4.92. The molecule has 4 fully saturated rings. The van der Waals surface area contributed by atoms with E-state index in [4.69, 9.17) is 9.47 Å². The summed E-state index contributed by atoms with van der Waals surface area (Å²) in [5.74, 6) is 1.34. The third-order valence-electron chi connectivity index (χ3n) is 10.3. The number of alkyl halides is 1. The fourth-order valence-corrected chi connectivity index (χ4v) is 10.2. The topological polar surface area (TPSA) is 72.8 Å². The highest BCUT2D eigenvalue weighted by atomic mass is 79.9. The van der Waals surface area contributed by atoms with Crippen LogP contribution in [0.5, 0.6) is 0 Å². The number of ether oxygens (including phenoxy) is 2. The second-order valence-electron chi connectivity index (χ2n) is 11.5. The van der Waals surface area contributed by atoms with Gasteiger partial charge in [-0.05, 0) is 67.1 Å². The fraction of sp³-hybridized carbons (Fsp3) is 0.920. The van der Waals surface area contributed by atoms with Gasteiger partial charge in [-0.3, -0.25) is 9.59 Å². The van der Waals surface area contributed by atoms with Crippen molar-refractivity contribution in [1.29, 1.82) is 0 Å². The number of hydrogen-bond acceptors (Lipinski definition) is 5. The number of esters is 2. The molecule has 31 heavy (non-hydrogen) atoms. The zero-order valence-electron chi connectivity index (χ0n) is 19.8. The monoisotopic (exact) mass is 498 g/mol. The molecule has 11 atom stereocenters. The van der Waals surface area contributed by atoms with Crippen molar-refractivity contribution in [1.82, 2.24) is 0 Å². The number of carbonyl (C=O) groups excluding carboxylic acids is 2. The molecule has 5 nitrogen and oxygen atoms in total. The van der Waals surface area contributed by atoms with Crippen molar-refractivity contribution in [3.05, 3.63) is 0 Å². The van der Waals surface area contributed by atoms with Crippen LogP contribution in [0.4, 0.5) is 0 Å². The summed E-state index contributed by atoms with van der Waals surface area (Å²) in [6, 6.07) is 0. The average molecular weight is 499 g/mol. The summed E-state index contributed by atoms with van der Waals surface area (Å²) in [5.41, 5.74) is -0.108. The van der Waals surface area contributed by atoms with E-state index < -0.39 is 10.4 Å². The molecule has 0 aromatic heterocycles. The molecule has 4 saturated carbocycles. The number of fused-ring (bicyclic) bond motifs is 5. The summed E-state index contributed by atoms with van der Waals surface area (Å²) in [6.45, 7) is 12.1. The predicted octanol–water partition coefficient (Wildman–Crippen LogP) is 4.87. The lowest BCUT2D eigenvalue weighted by Crippen LogP contribution is -2.71. The maximum Gasteiger partial charge on any atom is 0.302 e.